The van der Waals surface area contributed by atoms with E-state index in [4.69, 9.17) is 15.2 Å². The molecule has 154 valence electrons. The van der Waals surface area contributed by atoms with Crippen molar-refractivity contribution in [2.75, 3.05) is 13.7 Å². The summed E-state index contributed by atoms with van der Waals surface area (Å²) in [4.78, 5) is 52.7. The van der Waals surface area contributed by atoms with Gasteiger partial charge in [-0.15, -0.1) is 0 Å². The van der Waals surface area contributed by atoms with Crippen LogP contribution in [-0.2, 0) is 19.1 Å². The minimum Gasteiger partial charge on any atom is -0.409 e. The molecule has 0 spiro atoms. The molecule has 3 amide bonds. The number of carbonyl (C=O) groups is 4. The molecule has 10 nitrogen and oxygen atoms in total. The Bertz CT molecular complexity index is 718. The zero-order valence-electron chi connectivity index (χ0n) is 16.1. The number of likely N-dealkylation sites (N-methyl/N-ethyl adjacent to an activating group) is 1. The molecule has 0 bridgehead atoms. The molecule has 2 heterocycles. The smallest absolute Gasteiger partial charge is 0.409 e. The van der Waals surface area contributed by atoms with Crippen LogP contribution in [0, 0.1) is 5.92 Å². The number of nitrogens with one attached hydrogen (secondary N) is 2. The number of aromatic nitrogens is 1. The number of hydrogen-bond acceptors (Lipinski definition) is 6. The Morgan fingerprint density at radius 2 is 2.11 bits per heavy atom. The average molecular weight is 394 g/mol. The van der Waals surface area contributed by atoms with Crippen LogP contribution in [-0.4, -0.2) is 65.4 Å². The maximum Gasteiger partial charge on any atom is 0.413 e. The highest BCUT2D eigenvalue weighted by atomic mass is 16.6. The Morgan fingerprint density at radius 1 is 1.39 bits per heavy atom. The quantitative estimate of drug-likeness (QED) is 0.574. The van der Waals surface area contributed by atoms with Crippen LogP contribution in [0.25, 0.3) is 0 Å². The summed E-state index contributed by atoms with van der Waals surface area (Å²) in [6, 6.07) is -0.488. The average Bonchev–Trinajstić information content (AvgIpc) is 3.26. The Morgan fingerprint density at radius 3 is 2.68 bits per heavy atom. The van der Waals surface area contributed by atoms with Crippen molar-refractivity contribution in [3.63, 3.8) is 0 Å². The third-order valence-corrected chi connectivity index (χ3v) is 4.47. The van der Waals surface area contributed by atoms with E-state index in [0.29, 0.717) is 18.6 Å². The SMILES string of the molecule is CC(C)CC[C@H](NC(=O)Oc1cc[nH]c1)C(=O)N(C)C1C(=O)COC1C(N)=O. The number of aromatic amines is 1. The Balaban J connectivity index is 2.11. The molecule has 2 rings (SSSR count). The first-order valence-corrected chi connectivity index (χ1v) is 9.02. The van der Waals surface area contributed by atoms with E-state index in [2.05, 4.69) is 10.3 Å². The van der Waals surface area contributed by atoms with Crippen LogP contribution in [0.3, 0.4) is 0 Å². The number of hydrogen-bond donors (Lipinski definition) is 3. The van der Waals surface area contributed by atoms with Gasteiger partial charge in [0.2, 0.25) is 11.8 Å². The molecular weight excluding hydrogens is 368 g/mol. The van der Waals surface area contributed by atoms with Gasteiger partial charge in [-0.05, 0) is 24.8 Å². The molecule has 1 aromatic rings. The Hall–Kier alpha value is -2.88. The fraction of sp³-hybridized carbons (Fsp3) is 0.556. The number of nitrogens with zero attached hydrogens (tertiary/aromatic N) is 1. The van der Waals surface area contributed by atoms with E-state index in [1.54, 1.807) is 12.3 Å². The fourth-order valence-electron chi connectivity index (χ4n) is 2.97. The van der Waals surface area contributed by atoms with Crippen molar-refractivity contribution in [1.82, 2.24) is 15.2 Å². The summed E-state index contributed by atoms with van der Waals surface area (Å²) in [5, 5.41) is 2.54. The number of carbonyl (C=O) groups excluding carboxylic acids is 4. The number of amides is 3. The summed E-state index contributed by atoms with van der Waals surface area (Å²) in [5.41, 5.74) is 5.27. The second-order valence-electron chi connectivity index (χ2n) is 7.10. The molecule has 1 saturated heterocycles. The summed E-state index contributed by atoms with van der Waals surface area (Å²) in [7, 11) is 1.39. The summed E-state index contributed by atoms with van der Waals surface area (Å²) in [6.07, 6.45) is 2.07. The van der Waals surface area contributed by atoms with Crippen LogP contribution in [0.4, 0.5) is 4.79 Å². The molecule has 28 heavy (non-hydrogen) atoms. The van der Waals surface area contributed by atoms with Crippen LogP contribution in [0.1, 0.15) is 26.7 Å². The molecule has 0 aromatic carbocycles. The van der Waals surface area contributed by atoms with E-state index in [-0.39, 0.29) is 12.5 Å². The highest BCUT2D eigenvalue weighted by Gasteiger charge is 2.45. The molecule has 0 radical (unpaired) electrons. The lowest BCUT2D eigenvalue weighted by Gasteiger charge is -2.30. The molecule has 1 aliphatic rings. The van der Waals surface area contributed by atoms with Gasteiger partial charge in [-0.1, -0.05) is 13.8 Å². The van der Waals surface area contributed by atoms with Gasteiger partial charge in [0.15, 0.2) is 11.9 Å². The normalized spacial score (nSPS) is 20.1. The first kappa shape index (κ1) is 21.4. The van der Waals surface area contributed by atoms with Gasteiger partial charge in [0.1, 0.15) is 24.4 Å². The zero-order valence-corrected chi connectivity index (χ0v) is 16.1. The van der Waals surface area contributed by atoms with Crippen molar-refractivity contribution in [2.24, 2.45) is 11.7 Å². The van der Waals surface area contributed by atoms with Gasteiger partial charge in [-0.2, -0.15) is 0 Å². The van der Waals surface area contributed by atoms with Crippen molar-refractivity contribution >= 4 is 23.7 Å². The summed E-state index contributed by atoms with van der Waals surface area (Å²) in [5.74, 6) is -1.18. The summed E-state index contributed by atoms with van der Waals surface area (Å²) < 4.78 is 10.2. The van der Waals surface area contributed by atoms with Gasteiger partial charge in [0.05, 0.1) is 0 Å². The number of rotatable bonds is 8. The molecule has 2 unspecified atom stereocenters. The number of primary amides is 1. The van der Waals surface area contributed by atoms with Gasteiger partial charge < -0.3 is 30.4 Å². The molecule has 0 aliphatic carbocycles. The summed E-state index contributed by atoms with van der Waals surface area (Å²) in [6.45, 7) is 3.68. The first-order chi connectivity index (χ1) is 13.2. The zero-order chi connectivity index (χ0) is 20.8. The van der Waals surface area contributed by atoms with E-state index in [1.807, 2.05) is 13.8 Å². The van der Waals surface area contributed by atoms with Crippen LogP contribution >= 0.6 is 0 Å². The van der Waals surface area contributed by atoms with Crippen molar-refractivity contribution in [3.05, 3.63) is 18.5 Å². The van der Waals surface area contributed by atoms with Crippen LogP contribution in [0.15, 0.2) is 18.5 Å². The highest BCUT2D eigenvalue weighted by molar-refractivity contribution is 5.99. The van der Waals surface area contributed by atoms with Gasteiger partial charge in [-0.3, -0.25) is 14.4 Å². The standard InChI is InChI=1S/C18H26N4O6/c1-10(2)4-5-12(21-18(26)28-11-6-7-20-8-11)17(25)22(3)14-13(23)9-27-15(14)16(19)24/h6-8,10,12,14-15,20H,4-5,9H2,1-3H3,(H2,19,24)(H,21,26)/t12-,14?,15?/m0/s1. The first-order valence-electron chi connectivity index (χ1n) is 9.02. The molecule has 4 N–H and O–H groups in total. The van der Waals surface area contributed by atoms with Crippen LogP contribution in [0.2, 0.25) is 0 Å². The predicted molar refractivity (Wildman–Crippen MR) is 98.3 cm³/mol. The minimum atomic E-state index is -1.21. The number of Topliss-reactive ketones (excluding diaryl/α,β-unsaturated/α-hetero) is 1. The van der Waals surface area contributed by atoms with Crippen LogP contribution < -0.4 is 15.8 Å². The maximum absolute atomic E-state index is 13.0. The van der Waals surface area contributed by atoms with E-state index < -0.39 is 41.9 Å². The lowest BCUT2D eigenvalue weighted by molar-refractivity contribution is -0.141. The third-order valence-electron chi connectivity index (χ3n) is 4.47. The molecule has 1 aromatic heterocycles. The van der Waals surface area contributed by atoms with E-state index in [1.165, 1.54) is 13.2 Å². The van der Waals surface area contributed by atoms with Crippen molar-refractivity contribution in [2.45, 2.75) is 44.9 Å². The minimum absolute atomic E-state index is 0.290. The lowest BCUT2D eigenvalue weighted by atomic mass is 10.0. The van der Waals surface area contributed by atoms with E-state index in [9.17, 15) is 19.2 Å². The van der Waals surface area contributed by atoms with E-state index >= 15 is 0 Å². The molecular formula is C18H26N4O6. The molecule has 1 fully saturated rings. The summed E-state index contributed by atoms with van der Waals surface area (Å²) >= 11 is 0. The van der Waals surface area contributed by atoms with Gasteiger partial charge >= 0.3 is 6.09 Å². The van der Waals surface area contributed by atoms with Crippen molar-refractivity contribution in [3.8, 4) is 5.75 Å². The molecule has 1 aliphatic heterocycles. The van der Waals surface area contributed by atoms with Gasteiger partial charge in [0, 0.05) is 19.4 Å². The van der Waals surface area contributed by atoms with Crippen molar-refractivity contribution < 1.29 is 28.7 Å². The van der Waals surface area contributed by atoms with Gasteiger partial charge in [-0.25, -0.2) is 4.79 Å². The molecule has 0 saturated carbocycles. The number of ether oxygens (including phenoxy) is 2. The second-order valence-corrected chi connectivity index (χ2v) is 7.10. The van der Waals surface area contributed by atoms with E-state index in [0.717, 1.165) is 4.90 Å². The molecule has 10 heteroatoms. The van der Waals surface area contributed by atoms with Crippen LogP contribution in [0.5, 0.6) is 5.75 Å². The third kappa shape index (κ3) is 5.32. The fourth-order valence-corrected chi connectivity index (χ4v) is 2.97. The van der Waals surface area contributed by atoms with Gasteiger partial charge in [0.25, 0.3) is 0 Å². The van der Waals surface area contributed by atoms with Crippen molar-refractivity contribution in [1.29, 1.82) is 0 Å². The second kappa shape index (κ2) is 9.36. The topological polar surface area (TPSA) is 144 Å². The number of H-pyrrole nitrogens is 1. The number of nitrogens with two attached hydrogens (primary N) is 1. The highest BCUT2D eigenvalue weighted by Crippen LogP contribution is 2.18. The Labute approximate surface area is 162 Å². The Kier molecular flexibility index (Phi) is 7.16. The maximum atomic E-state index is 13.0. The molecule has 3 atom stereocenters. The monoisotopic (exact) mass is 394 g/mol. The predicted octanol–water partition coefficient (Wildman–Crippen LogP) is 0.188. The lowest BCUT2D eigenvalue weighted by Crippen LogP contribution is -2.56. The number of ketones is 1. The largest absolute Gasteiger partial charge is 0.413 e.